The topological polar surface area (TPSA) is 25.8 Å². The van der Waals surface area contributed by atoms with Crippen LogP contribution in [0.1, 0.15) is 76.3 Å². The van der Waals surface area contributed by atoms with Gasteiger partial charge in [0.15, 0.2) is 5.82 Å². The first-order chi connectivity index (χ1) is 15.2. The summed E-state index contributed by atoms with van der Waals surface area (Å²) in [6, 6.07) is 13.6. The van der Waals surface area contributed by atoms with Crippen molar-refractivity contribution in [2.75, 3.05) is 0 Å². The number of hydrogen-bond donors (Lipinski definition) is 0. The zero-order valence-corrected chi connectivity index (χ0v) is 19.0. The molecule has 0 N–H and O–H groups in total. The lowest BCUT2D eigenvalue weighted by Gasteiger charge is -2.08. The van der Waals surface area contributed by atoms with E-state index in [0.29, 0.717) is 17.0 Å². The van der Waals surface area contributed by atoms with Gasteiger partial charge in [0.05, 0.1) is 0 Å². The maximum atomic E-state index is 14.9. The van der Waals surface area contributed by atoms with E-state index in [1.165, 1.54) is 50.5 Å². The van der Waals surface area contributed by atoms with Crippen molar-refractivity contribution in [3.63, 3.8) is 0 Å². The molecule has 0 saturated heterocycles. The van der Waals surface area contributed by atoms with Crippen LogP contribution in [0.5, 0.6) is 0 Å². The molecule has 3 rings (SSSR count). The van der Waals surface area contributed by atoms with E-state index in [1.54, 1.807) is 6.07 Å². The summed E-state index contributed by atoms with van der Waals surface area (Å²) in [5.74, 6) is 0.339. The highest BCUT2D eigenvalue weighted by Gasteiger charge is 2.09. The minimum atomic E-state index is -0.236. The number of halogens is 1. The molecule has 0 amide bonds. The van der Waals surface area contributed by atoms with Gasteiger partial charge in [-0.2, -0.15) is 0 Å². The minimum absolute atomic E-state index is 0.236. The molecule has 0 aliphatic rings. The molecule has 2 nitrogen and oxygen atoms in total. The highest BCUT2D eigenvalue weighted by molar-refractivity contribution is 5.68. The predicted octanol–water partition coefficient (Wildman–Crippen LogP) is 8.20. The van der Waals surface area contributed by atoms with Gasteiger partial charge in [-0.3, -0.25) is 0 Å². The summed E-state index contributed by atoms with van der Waals surface area (Å²) in [4.78, 5) is 8.93. The summed E-state index contributed by atoms with van der Waals surface area (Å²) in [6.45, 7) is 4.44. The number of hydrogen-bond acceptors (Lipinski definition) is 2. The number of aromatic nitrogens is 2. The first kappa shape index (κ1) is 23.1. The van der Waals surface area contributed by atoms with Gasteiger partial charge >= 0.3 is 0 Å². The van der Waals surface area contributed by atoms with E-state index in [9.17, 15) is 4.39 Å². The van der Waals surface area contributed by atoms with Gasteiger partial charge in [0.2, 0.25) is 0 Å². The fourth-order valence-corrected chi connectivity index (χ4v) is 3.88. The average molecular weight is 419 g/mol. The molecular weight excluding hydrogens is 383 g/mol. The molecule has 0 bridgehead atoms. The Labute approximate surface area is 187 Å². The Balaban J connectivity index is 1.63. The number of aryl methyl sites for hydroxylation is 2. The van der Waals surface area contributed by atoms with Crippen molar-refractivity contribution >= 4 is 0 Å². The van der Waals surface area contributed by atoms with Crippen LogP contribution in [0, 0.1) is 5.82 Å². The van der Waals surface area contributed by atoms with Gasteiger partial charge in [-0.15, -0.1) is 0 Å². The lowest BCUT2D eigenvalue weighted by atomic mass is 9.99. The second-order valence-electron chi connectivity index (χ2n) is 8.43. The number of unbranched alkanes of at least 4 members (excludes halogenated alkanes) is 6. The van der Waals surface area contributed by atoms with Crippen LogP contribution < -0.4 is 0 Å². The summed E-state index contributed by atoms with van der Waals surface area (Å²) in [5, 5.41) is 0. The molecule has 3 heteroatoms. The predicted molar refractivity (Wildman–Crippen MR) is 129 cm³/mol. The van der Waals surface area contributed by atoms with E-state index in [1.807, 2.05) is 36.7 Å². The van der Waals surface area contributed by atoms with Gasteiger partial charge < -0.3 is 0 Å². The fourth-order valence-electron chi connectivity index (χ4n) is 3.88. The summed E-state index contributed by atoms with van der Waals surface area (Å²) in [5.41, 5.74) is 4.71. The zero-order valence-electron chi connectivity index (χ0n) is 19.0. The van der Waals surface area contributed by atoms with Crippen LogP contribution in [0.4, 0.5) is 4.39 Å². The zero-order chi connectivity index (χ0) is 21.9. The maximum absolute atomic E-state index is 14.9. The third kappa shape index (κ3) is 6.99. The van der Waals surface area contributed by atoms with Gasteiger partial charge in [-0.25, -0.2) is 14.4 Å². The Kier molecular flexibility index (Phi) is 9.20. The lowest BCUT2D eigenvalue weighted by molar-refractivity contribution is 0.631. The van der Waals surface area contributed by atoms with Gasteiger partial charge in [0, 0.05) is 23.5 Å². The number of nitrogens with zero attached hydrogens (tertiary/aromatic N) is 2. The van der Waals surface area contributed by atoms with Gasteiger partial charge in [0.1, 0.15) is 5.82 Å². The SMILES string of the molecule is CCCCCCc1ccc(-c2ccc(-c3ncc(CCCCCC)cn3)cc2F)cc1. The molecule has 1 heterocycles. The monoisotopic (exact) mass is 418 g/mol. The molecule has 0 aliphatic carbocycles. The number of rotatable bonds is 12. The fraction of sp³-hybridized carbons (Fsp3) is 0.429. The maximum Gasteiger partial charge on any atom is 0.159 e. The van der Waals surface area contributed by atoms with Crippen molar-refractivity contribution in [2.45, 2.75) is 78.1 Å². The summed E-state index contributed by atoms with van der Waals surface area (Å²) >= 11 is 0. The molecule has 0 fully saturated rings. The minimum Gasteiger partial charge on any atom is -0.236 e. The number of benzene rings is 2. The Morgan fingerprint density at radius 3 is 1.81 bits per heavy atom. The second-order valence-corrected chi connectivity index (χ2v) is 8.43. The molecule has 164 valence electrons. The Bertz CT molecular complexity index is 917. The molecule has 0 aliphatic heterocycles. The van der Waals surface area contributed by atoms with Crippen LogP contribution in [-0.2, 0) is 12.8 Å². The van der Waals surface area contributed by atoms with E-state index in [-0.39, 0.29) is 5.82 Å². The molecule has 3 aromatic rings. The standard InChI is InChI=1S/C28H35FN2/c1-3-5-7-9-11-22-13-15-24(16-14-22)26-18-17-25(19-27(26)29)28-30-20-23(21-31-28)12-10-8-6-4-2/h13-21H,3-12H2,1-2H3. The van der Waals surface area contributed by atoms with Crippen LogP contribution in [0.2, 0.25) is 0 Å². The largest absolute Gasteiger partial charge is 0.236 e. The summed E-state index contributed by atoms with van der Waals surface area (Å²) in [6.07, 6.45) is 15.8. The molecular formula is C28H35FN2. The van der Waals surface area contributed by atoms with Crippen molar-refractivity contribution in [2.24, 2.45) is 0 Å². The molecule has 2 aromatic carbocycles. The molecule has 0 radical (unpaired) electrons. The Hall–Kier alpha value is -2.55. The van der Waals surface area contributed by atoms with Crippen molar-refractivity contribution < 1.29 is 4.39 Å². The third-order valence-corrected chi connectivity index (χ3v) is 5.84. The Morgan fingerprint density at radius 2 is 1.23 bits per heavy atom. The van der Waals surface area contributed by atoms with E-state index in [2.05, 4.69) is 35.9 Å². The van der Waals surface area contributed by atoms with Crippen LogP contribution in [0.3, 0.4) is 0 Å². The van der Waals surface area contributed by atoms with Crippen LogP contribution in [-0.4, -0.2) is 9.97 Å². The molecule has 0 atom stereocenters. The third-order valence-electron chi connectivity index (χ3n) is 5.84. The van der Waals surface area contributed by atoms with Crippen LogP contribution in [0.15, 0.2) is 54.9 Å². The van der Waals surface area contributed by atoms with Gasteiger partial charge in [-0.05, 0) is 48.4 Å². The normalized spacial score (nSPS) is 11.1. The van der Waals surface area contributed by atoms with Crippen LogP contribution >= 0.6 is 0 Å². The van der Waals surface area contributed by atoms with E-state index >= 15 is 0 Å². The molecule has 0 saturated carbocycles. The first-order valence-electron chi connectivity index (χ1n) is 11.9. The van der Waals surface area contributed by atoms with Crippen LogP contribution in [0.25, 0.3) is 22.5 Å². The summed E-state index contributed by atoms with van der Waals surface area (Å²) < 4.78 is 14.9. The van der Waals surface area contributed by atoms with Gasteiger partial charge in [-0.1, -0.05) is 88.8 Å². The van der Waals surface area contributed by atoms with E-state index in [4.69, 9.17) is 0 Å². The average Bonchev–Trinajstić information content (AvgIpc) is 2.80. The molecule has 1 aromatic heterocycles. The lowest BCUT2D eigenvalue weighted by Crippen LogP contribution is -1.94. The quantitative estimate of drug-likeness (QED) is 0.277. The second kappa shape index (κ2) is 12.3. The molecule has 0 spiro atoms. The molecule has 0 unspecified atom stereocenters. The van der Waals surface area contributed by atoms with Crippen molar-refractivity contribution in [3.05, 3.63) is 71.8 Å². The van der Waals surface area contributed by atoms with Gasteiger partial charge in [0.25, 0.3) is 0 Å². The first-order valence-corrected chi connectivity index (χ1v) is 11.9. The van der Waals surface area contributed by atoms with E-state index in [0.717, 1.165) is 30.4 Å². The van der Waals surface area contributed by atoms with Crippen molar-refractivity contribution in [1.82, 2.24) is 9.97 Å². The Morgan fingerprint density at radius 1 is 0.645 bits per heavy atom. The smallest absolute Gasteiger partial charge is 0.159 e. The molecule has 31 heavy (non-hydrogen) atoms. The van der Waals surface area contributed by atoms with Crippen molar-refractivity contribution in [1.29, 1.82) is 0 Å². The van der Waals surface area contributed by atoms with Crippen molar-refractivity contribution in [3.8, 4) is 22.5 Å². The van der Waals surface area contributed by atoms with E-state index < -0.39 is 0 Å². The summed E-state index contributed by atoms with van der Waals surface area (Å²) in [7, 11) is 0. The highest BCUT2D eigenvalue weighted by Crippen LogP contribution is 2.27. The highest BCUT2D eigenvalue weighted by atomic mass is 19.1.